The van der Waals surface area contributed by atoms with E-state index in [0.29, 0.717) is 5.92 Å². The summed E-state index contributed by atoms with van der Waals surface area (Å²) in [7, 11) is 0. The van der Waals surface area contributed by atoms with E-state index < -0.39 is 0 Å². The third-order valence-corrected chi connectivity index (χ3v) is 6.31. The molecule has 0 saturated heterocycles. The van der Waals surface area contributed by atoms with Crippen molar-refractivity contribution in [2.24, 2.45) is 17.8 Å². The van der Waals surface area contributed by atoms with Gasteiger partial charge < -0.3 is 4.79 Å². The lowest BCUT2D eigenvalue weighted by Gasteiger charge is -2.37. The molecule has 0 aliphatic heterocycles. The van der Waals surface area contributed by atoms with Gasteiger partial charge in [-0.1, -0.05) is 31.2 Å². The zero-order valence-electron chi connectivity index (χ0n) is 14.0. The summed E-state index contributed by atoms with van der Waals surface area (Å²) in [4.78, 5) is 10.9. The number of aryl methyl sites for hydroxylation is 1. The summed E-state index contributed by atoms with van der Waals surface area (Å²) in [6.07, 6.45) is 12.7. The lowest BCUT2D eigenvalue weighted by Crippen LogP contribution is -2.25. The Hall–Kier alpha value is -1.11. The predicted octanol–water partition coefficient (Wildman–Crippen LogP) is 5.53. The Morgan fingerprint density at radius 1 is 0.864 bits per heavy atom. The van der Waals surface area contributed by atoms with E-state index in [0.717, 1.165) is 37.0 Å². The average Bonchev–Trinajstić information content (AvgIpc) is 2.62. The Morgan fingerprint density at radius 3 is 1.91 bits per heavy atom. The normalized spacial score (nSPS) is 32.6. The fraction of sp³-hybridized carbons (Fsp3) is 0.667. The molecular weight excluding hydrogens is 268 g/mol. The maximum Gasteiger partial charge on any atom is 0.123 e. The molecule has 0 atom stereocenters. The van der Waals surface area contributed by atoms with Crippen LogP contribution in [0.1, 0.15) is 75.3 Å². The molecule has 2 aliphatic carbocycles. The predicted molar refractivity (Wildman–Crippen MR) is 92.0 cm³/mol. The van der Waals surface area contributed by atoms with Gasteiger partial charge in [-0.3, -0.25) is 0 Å². The maximum absolute atomic E-state index is 10.9. The first-order valence-electron chi connectivity index (χ1n) is 9.34. The summed E-state index contributed by atoms with van der Waals surface area (Å²) in [5.41, 5.74) is 3.00. The quantitative estimate of drug-likeness (QED) is 0.668. The van der Waals surface area contributed by atoms with E-state index in [1.807, 2.05) is 0 Å². The Balaban J connectivity index is 1.50. The summed E-state index contributed by atoms with van der Waals surface area (Å²) >= 11 is 0. The first-order chi connectivity index (χ1) is 10.8. The lowest BCUT2D eigenvalue weighted by molar-refractivity contribution is -0.112. The van der Waals surface area contributed by atoms with Crippen LogP contribution in [0.2, 0.25) is 0 Å². The van der Waals surface area contributed by atoms with E-state index in [-0.39, 0.29) is 0 Å². The van der Waals surface area contributed by atoms with Crippen molar-refractivity contribution in [1.82, 2.24) is 0 Å². The van der Waals surface area contributed by atoms with Crippen LogP contribution in [0.4, 0.5) is 0 Å². The van der Waals surface area contributed by atoms with Gasteiger partial charge in [-0.25, -0.2) is 0 Å². The van der Waals surface area contributed by atoms with Gasteiger partial charge in [0.1, 0.15) is 6.29 Å². The molecular formula is C21H30O. The van der Waals surface area contributed by atoms with Crippen LogP contribution in [0.5, 0.6) is 0 Å². The van der Waals surface area contributed by atoms with Gasteiger partial charge in [-0.15, -0.1) is 0 Å². The smallest absolute Gasteiger partial charge is 0.123 e. The van der Waals surface area contributed by atoms with Crippen molar-refractivity contribution in [3.63, 3.8) is 0 Å². The van der Waals surface area contributed by atoms with Crippen molar-refractivity contribution in [3.8, 4) is 0 Å². The Kier molecular flexibility index (Phi) is 5.33. The molecule has 0 amide bonds. The number of rotatable bonds is 4. The second-order valence-corrected chi connectivity index (χ2v) is 7.52. The number of carbonyl (C=O) groups excluding carboxylic acids is 1. The largest absolute Gasteiger partial charge is 0.303 e. The molecule has 120 valence electrons. The van der Waals surface area contributed by atoms with Gasteiger partial charge in [0.15, 0.2) is 0 Å². The standard InChI is InChI=1S/C21H30O/c1-2-16-3-7-18(8-4-16)20-11-13-21(14-12-20)19-9-5-17(15-22)6-10-19/h3-4,7-8,15,17,19-21H,2,5-6,9-14H2,1H3/t17-,19-,20-,21-. The van der Waals surface area contributed by atoms with Crippen molar-refractivity contribution in [3.05, 3.63) is 35.4 Å². The molecule has 0 spiro atoms. The van der Waals surface area contributed by atoms with Crippen molar-refractivity contribution in [2.75, 3.05) is 0 Å². The minimum atomic E-state index is 0.365. The zero-order chi connectivity index (χ0) is 15.4. The minimum absolute atomic E-state index is 0.365. The van der Waals surface area contributed by atoms with E-state index in [1.165, 1.54) is 50.4 Å². The summed E-state index contributed by atoms with van der Waals surface area (Å²) in [5, 5.41) is 0. The van der Waals surface area contributed by atoms with Crippen LogP contribution in [0.3, 0.4) is 0 Å². The van der Waals surface area contributed by atoms with Crippen LogP contribution in [0.25, 0.3) is 0 Å². The zero-order valence-corrected chi connectivity index (χ0v) is 14.0. The molecule has 0 aromatic heterocycles. The molecule has 1 aromatic carbocycles. The summed E-state index contributed by atoms with van der Waals surface area (Å²) in [6.45, 7) is 2.22. The van der Waals surface area contributed by atoms with Crippen LogP contribution in [-0.4, -0.2) is 6.29 Å². The molecule has 1 heteroatoms. The van der Waals surface area contributed by atoms with Crippen LogP contribution < -0.4 is 0 Å². The SMILES string of the molecule is CCc1ccc([C@H]2CC[C@H]([C@H]3CC[C@H](C=O)CC3)CC2)cc1. The van der Waals surface area contributed by atoms with Crippen LogP contribution in [0, 0.1) is 17.8 Å². The highest BCUT2D eigenvalue weighted by molar-refractivity contribution is 5.53. The molecule has 22 heavy (non-hydrogen) atoms. The first-order valence-corrected chi connectivity index (χ1v) is 9.34. The van der Waals surface area contributed by atoms with E-state index in [9.17, 15) is 4.79 Å². The van der Waals surface area contributed by atoms with Crippen molar-refractivity contribution < 1.29 is 4.79 Å². The fourth-order valence-corrected chi connectivity index (χ4v) is 4.70. The van der Waals surface area contributed by atoms with Crippen LogP contribution >= 0.6 is 0 Å². The molecule has 0 radical (unpaired) electrons. The third kappa shape index (κ3) is 3.62. The molecule has 0 unspecified atom stereocenters. The van der Waals surface area contributed by atoms with Gasteiger partial charge in [-0.2, -0.15) is 0 Å². The second-order valence-electron chi connectivity index (χ2n) is 7.52. The summed E-state index contributed by atoms with van der Waals surface area (Å²) in [5.74, 6) is 2.98. The van der Waals surface area contributed by atoms with Gasteiger partial charge in [0.2, 0.25) is 0 Å². The van der Waals surface area contributed by atoms with Crippen molar-refractivity contribution in [2.45, 2.75) is 70.6 Å². The van der Waals surface area contributed by atoms with E-state index in [2.05, 4.69) is 31.2 Å². The van der Waals surface area contributed by atoms with Crippen LogP contribution in [-0.2, 0) is 11.2 Å². The van der Waals surface area contributed by atoms with Gasteiger partial charge in [0, 0.05) is 5.92 Å². The van der Waals surface area contributed by atoms with Crippen molar-refractivity contribution >= 4 is 6.29 Å². The highest BCUT2D eigenvalue weighted by Crippen LogP contribution is 2.43. The number of benzene rings is 1. The molecule has 2 aliphatic rings. The number of carbonyl (C=O) groups is 1. The number of aldehydes is 1. The summed E-state index contributed by atoms with van der Waals surface area (Å²) in [6, 6.07) is 9.34. The van der Waals surface area contributed by atoms with E-state index >= 15 is 0 Å². The highest BCUT2D eigenvalue weighted by Gasteiger charge is 2.31. The molecule has 1 aromatic rings. The molecule has 3 rings (SSSR count). The average molecular weight is 298 g/mol. The number of hydrogen-bond acceptors (Lipinski definition) is 1. The Bertz CT molecular complexity index is 459. The molecule has 1 nitrogen and oxygen atoms in total. The molecule has 2 fully saturated rings. The van der Waals surface area contributed by atoms with E-state index in [4.69, 9.17) is 0 Å². The van der Waals surface area contributed by atoms with Gasteiger partial charge >= 0.3 is 0 Å². The minimum Gasteiger partial charge on any atom is -0.303 e. The lowest BCUT2D eigenvalue weighted by atomic mass is 9.68. The van der Waals surface area contributed by atoms with Gasteiger partial charge in [0.25, 0.3) is 0 Å². The number of hydrogen-bond donors (Lipinski definition) is 0. The second kappa shape index (κ2) is 7.44. The summed E-state index contributed by atoms with van der Waals surface area (Å²) < 4.78 is 0. The highest BCUT2D eigenvalue weighted by atomic mass is 16.1. The van der Waals surface area contributed by atoms with Crippen LogP contribution in [0.15, 0.2) is 24.3 Å². The van der Waals surface area contributed by atoms with Gasteiger partial charge in [0.05, 0.1) is 0 Å². The van der Waals surface area contributed by atoms with E-state index in [1.54, 1.807) is 5.56 Å². The maximum atomic E-state index is 10.9. The first kappa shape index (κ1) is 15.8. The molecule has 0 heterocycles. The Labute approximate surface area is 135 Å². The molecule has 0 N–H and O–H groups in total. The van der Waals surface area contributed by atoms with Crippen molar-refractivity contribution in [1.29, 1.82) is 0 Å². The topological polar surface area (TPSA) is 17.1 Å². The monoisotopic (exact) mass is 298 g/mol. The fourth-order valence-electron chi connectivity index (χ4n) is 4.70. The Morgan fingerprint density at radius 2 is 1.41 bits per heavy atom. The molecule has 2 saturated carbocycles. The molecule has 0 bridgehead atoms. The third-order valence-electron chi connectivity index (χ3n) is 6.31. The van der Waals surface area contributed by atoms with Gasteiger partial charge in [-0.05, 0) is 86.7 Å².